The maximum Gasteiger partial charge on any atom is 0.222 e. The molecule has 1 N–H and O–H groups in total. The van der Waals surface area contributed by atoms with E-state index in [0.717, 1.165) is 25.9 Å². The first-order valence-electron chi connectivity index (χ1n) is 7.30. The number of carbonyl (C=O) groups excluding carboxylic acids is 1. The molecular weight excluding hydrogens is 248 g/mol. The van der Waals surface area contributed by atoms with Crippen molar-refractivity contribution in [1.29, 1.82) is 0 Å². The monoisotopic (exact) mass is 274 g/mol. The summed E-state index contributed by atoms with van der Waals surface area (Å²) in [6.45, 7) is 4.33. The van der Waals surface area contributed by atoms with E-state index in [1.165, 1.54) is 38.5 Å². The van der Waals surface area contributed by atoms with Crippen LogP contribution < -0.4 is 5.32 Å². The number of hydrogen-bond donors (Lipinski definition) is 1. The molecule has 2 fully saturated rings. The van der Waals surface area contributed by atoms with Crippen LogP contribution in [0.25, 0.3) is 0 Å². The van der Waals surface area contributed by atoms with Gasteiger partial charge in [0.15, 0.2) is 0 Å². The van der Waals surface area contributed by atoms with Crippen LogP contribution in [0.3, 0.4) is 0 Å². The lowest BCUT2D eigenvalue weighted by Gasteiger charge is -2.27. The molecule has 2 aliphatic heterocycles. The van der Waals surface area contributed by atoms with Crippen LogP contribution in [-0.4, -0.2) is 36.0 Å². The molecule has 2 atom stereocenters. The molecular formula is C14H27ClN2O. The van der Waals surface area contributed by atoms with Crippen molar-refractivity contribution in [3.8, 4) is 0 Å². The first kappa shape index (κ1) is 15.8. The van der Waals surface area contributed by atoms with Gasteiger partial charge in [0.05, 0.1) is 0 Å². The predicted octanol–water partition coefficient (Wildman–Crippen LogP) is 2.73. The van der Waals surface area contributed by atoms with Crippen molar-refractivity contribution < 1.29 is 4.79 Å². The van der Waals surface area contributed by atoms with Crippen LogP contribution in [0.15, 0.2) is 0 Å². The molecule has 2 heterocycles. The fourth-order valence-corrected chi connectivity index (χ4v) is 3.09. The maximum absolute atomic E-state index is 12.2. The van der Waals surface area contributed by atoms with Crippen molar-refractivity contribution in [2.24, 2.45) is 0 Å². The zero-order valence-corrected chi connectivity index (χ0v) is 12.3. The third-order valence-electron chi connectivity index (χ3n) is 4.24. The molecule has 0 aromatic rings. The topological polar surface area (TPSA) is 32.3 Å². The second-order valence-electron chi connectivity index (χ2n) is 5.62. The van der Waals surface area contributed by atoms with Gasteiger partial charge < -0.3 is 10.2 Å². The van der Waals surface area contributed by atoms with Crippen LogP contribution in [-0.2, 0) is 4.79 Å². The van der Waals surface area contributed by atoms with Crippen LogP contribution in [0, 0.1) is 0 Å². The summed E-state index contributed by atoms with van der Waals surface area (Å²) < 4.78 is 0. The average Bonchev–Trinajstić information content (AvgIpc) is 2.75. The molecule has 0 aromatic heterocycles. The highest BCUT2D eigenvalue weighted by Crippen LogP contribution is 2.19. The van der Waals surface area contributed by atoms with E-state index in [0.29, 0.717) is 18.0 Å². The van der Waals surface area contributed by atoms with Gasteiger partial charge in [0, 0.05) is 25.0 Å². The van der Waals surface area contributed by atoms with E-state index >= 15 is 0 Å². The third kappa shape index (κ3) is 4.43. The van der Waals surface area contributed by atoms with E-state index < -0.39 is 0 Å². The van der Waals surface area contributed by atoms with Crippen LogP contribution in [0.1, 0.15) is 58.3 Å². The molecule has 0 aliphatic carbocycles. The fourth-order valence-electron chi connectivity index (χ4n) is 3.09. The van der Waals surface area contributed by atoms with Gasteiger partial charge in [0.1, 0.15) is 0 Å². The summed E-state index contributed by atoms with van der Waals surface area (Å²) in [5, 5.41) is 3.47. The summed E-state index contributed by atoms with van der Waals surface area (Å²) in [4.78, 5) is 14.3. The van der Waals surface area contributed by atoms with Gasteiger partial charge in [0.2, 0.25) is 5.91 Å². The van der Waals surface area contributed by atoms with Gasteiger partial charge >= 0.3 is 0 Å². The lowest BCUT2D eigenvalue weighted by Crippen LogP contribution is -2.38. The van der Waals surface area contributed by atoms with Gasteiger partial charge in [0.25, 0.3) is 0 Å². The Morgan fingerprint density at radius 2 is 2.06 bits per heavy atom. The number of halogens is 1. The first-order valence-corrected chi connectivity index (χ1v) is 7.30. The zero-order chi connectivity index (χ0) is 12.1. The smallest absolute Gasteiger partial charge is 0.222 e. The number of rotatable bonds is 3. The summed E-state index contributed by atoms with van der Waals surface area (Å²) in [6.07, 6.45) is 9.25. The number of nitrogens with zero attached hydrogens (tertiary/aromatic N) is 1. The molecule has 4 heteroatoms. The lowest BCUT2D eigenvalue weighted by atomic mass is 10.1. The Morgan fingerprint density at radius 1 is 1.22 bits per heavy atom. The Kier molecular flexibility index (Phi) is 7.02. The summed E-state index contributed by atoms with van der Waals surface area (Å²) in [7, 11) is 0. The number of likely N-dealkylation sites (tertiary alicyclic amines) is 1. The van der Waals surface area contributed by atoms with Gasteiger partial charge in [-0.2, -0.15) is 0 Å². The zero-order valence-electron chi connectivity index (χ0n) is 11.5. The Hall–Kier alpha value is -0.280. The van der Waals surface area contributed by atoms with Crippen molar-refractivity contribution >= 4 is 18.3 Å². The van der Waals surface area contributed by atoms with Crippen molar-refractivity contribution in [1.82, 2.24) is 10.2 Å². The quantitative estimate of drug-likeness (QED) is 0.858. The molecule has 0 saturated carbocycles. The van der Waals surface area contributed by atoms with Crippen LogP contribution in [0.2, 0.25) is 0 Å². The number of amides is 1. The van der Waals surface area contributed by atoms with Gasteiger partial charge in [-0.05, 0) is 45.6 Å². The fraction of sp³-hybridized carbons (Fsp3) is 0.929. The van der Waals surface area contributed by atoms with E-state index in [-0.39, 0.29) is 12.4 Å². The number of hydrogen-bond acceptors (Lipinski definition) is 2. The van der Waals surface area contributed by atoms with Crippen LogP contribution >= 0.6 is 12.4 Å². The Bertz CT molecular complexity index is 254. The number of nitrogens with one attached hydrogen (secondary N) is 1. The number of carbonyl (C=O) groups is 1. The molecule has 0 spiro atoms. The van der Waals surface area contributed by atoms with Gasteiger partial charge in [-0.1, -0.05) is 12.8 Å². The van der Waals surface area contributed by atoms with E-state index in [9.17, 15) is 4.79 Å². The summed E-state index contributed by atoms with van der Waals surface area (Å²) in [5.74, 6) is 0.382. The standard InChI is InChI=1S/C14H26N2O.ClH/c1-12-6-3-2-4-11-16(12)14(17)9-8-13-7-5-10-15-13;/h12-13,15H,2-11H2,1H3;1H. The normalized spacial score (nSPS) is 28.6. The van der Waals surface area contributed by atoms with Crippen LogP contribution in [0.5, 0.6) is 0 Å². The molecule has 2 saturated heterocycles. The SMILES string of the molecule is CC1CCCCCN1C(=O)CCC1CCCN1.Cl. The molecule has 0 radical (unpaired) electrons. The summed E-state index contributed by atoms with van der Waals surface area (Å²) >= 11 is 0. The second-order valence-corrected chi connectivity index (χ2v) is 5.62. The van der Waals surface area contributed by atoms with Crippen molar-refractivity contribution in [2.45, 2.75) is 70.4 Å². The van der Waals surface area contributed by atoms with Crippen molar-refractivity contribution in [3.05, 3.63) is 0 Å². The van der Waals surface area contributed by atoms with E-state index in [2.05, 4.69) is 17.1 Å². The molecule has 1 amide bonds. The largest absolute Gasteiger partial charge is 0.340 e. The molecule has 2 aliphatic rings. The molecule has 106 valence electrons. The third-order valence-corrected chi connectivity index (χ3v) is 4.24. The molecule has 18 heavy (non-hydrogen) atoms. The molecule has 2 unspecified atom stereocenters. The van der Waals surface area contributed by atoms with Gasteiger partial charge in [-0.15, -0.1) is 12.4 Å². The van der Waals surface area contributed by atoms with Crippen LogP contribution in [0.4, 0.5) is 0 Å². The molecule has 0 bridgehead atoms. The van der Waals surface area contributed by atoms with Crippen molar-refractivity contribution in [2.75, 3.05) is 13.1 Å². The highest BCUT2D eigenvalue weighted by molar-refractivity contribution is 5.85. The highest BCUT2D eigenvalue weighted by Gasteiger charge is 2.23. The van der Waals surface area contributed by atoms with Crippen molar-refractivity contribution in [3.63, 3.8) is 0 Å². The Balaban J connectivity index is 0.00000162. The molecule has 2 rings (SSSR count). The van der Waals surface area contributed by atoms with Gasteiger partial charge in [-0.25, -0.2) is 0 Å². The Morgan fingerprint density at radius 3 is 2.78 bits per heavy atom. The minimum absolute atomic E-state index is 0. The second kappa shape index (κ2) is 8.00. The molecule has 0 aromatic carbocycles. The van der Waals surface area contributed by atoms with E-state index in [1.54, 1.807) is 0 Å². The minimum atomic E-state index is 0. The highest BCUT2D eigenvalue weighted by atomic mass is 35.5. The minimum Gasteiger partial charge on any atom is -0.340 e. The maximum atomic E-state index is 12.2. The van der Waals surface area contributed by atoms with Gasteiger partial charge in [-0.3, -0.25) is 4.79 Å². The summed E-state index contributed by atoms with van der Waals surface area (Å²) in [6, 6.07) is 1.06. The average molecular weight is 275 g/mol. The van der Waals surface area contributed by atoms with E-state index in [4.69, 9.17) is 0 Å². The summed E-state index contributed by atoms with van der Waals surface area (Å²) in [5.41, 5.74) is 0. The van der Waals surface area contributed by atoms with E-state index in [1.807, 2.05) is 0 Å². The molecule has 3 nitrogen and oxygen atoms in total. The first-order chi connectivity index (χ1) is 8.27. The Labute approximate surface area is 117 Å². The predicted molar refractivity (Wildman–Crippen MR) is 77.1 cm³/mol. The lowest BCUT2D eigenvalue weighted by molar-refractivity contribution is -0.133.